The molecule has 0 aliphatic heterocycles. The van der Waals surface area contributed by atoms with Gasteiger partial charge in [0.15, 0.2) is 0 Å². The number of aromatic nitrogens is 1. The van der Waals surface area contributed by atoms with E-state index in [4.69, 9.17) is 11.0 Å². The smallest absolute Gasteiger partial charge is 0.267 e. The van der Waals surface area contributed by atoms with Gasteiger partial charge in [-0.25, -0.2) is 13.4 Å². The number of sulfonamides is 1. The van der Waals surface area contributed by atoms with Crippen LogP contribution < -0.4 is 10.0 Å². The fraction of sp³-hybridized carbons (Fsp3) is 0.0769. The Labute approximate surface area is 117 Å². The van der Waals surface area contributed by atoms with Gasteiger partial charge in [0, 0.05) is 13.2 Å². The van der Waals surface area contributed by atoms with Crippen LogP contribution >= 0.6 is 0 Å². The molecule has 102 valence electrons. The second kappa shape index (κ2) is 5.19. The molecule has 0 aliphatic carbocycles. The summed E-state index contributed by atoms with van der Waals surface area (Å²) in [6.07, 6.45) is 1.50. The molecule has 0 saturated carbocycles. The van der Waals surface area contributed by atoms with E-state index < -0.39 is 10.0 Å². The highest BCUT2D eigenvalue weighted by Gasteiger charge is 2.24. The van der Waals surface area contributed by atoms with Crippen molar-refractivity contribution in [1.82, 2.24) is 4.98 Å². The van der Waals surface area contributed by atoms with E-state index >= 15 is 0 Å². The maximum Gasteiger partial charge on any atom is 0.267 e. The largest absolute Gasteiger partial charge is 0.398 e. The maximum atomic E-state index is 12.5. The normalized spacial score (nSPS) is 10.8. The molecule has 1 aromatic heterocycles. The van der Waals surface area contributed by atoms with E-state index in [0.717, 1.165) is 4.31 Å². The predicted molar refractivity (Wildman–Crippen MR) is 75.4 cm³/mol. The van der Waals surface area contributed by atoms with Crippen molar-refractivity contribution in [3.63, 3.8) is 0 Å². The third-order valence-electron chi connectivity index (χ3n) is 2.75. The van der Waals surface area contributed by atoms with Crippen LogP contribution in [0.1, 0.15) is 5.56 Å². The Morgan fingerprint density at radius 2 is 2.05 bits per heavy atom. The minimum Gasteiger partial charge on any atom is -0.398 e. The Hall–Kier alpha value is -2.59. The molecule has 0 saturated heterocycles. The SMILES string of the molecule is CN(c1ccccn1)S(=O)(=O)c1ccc(C#N)cc1N. The molecule has 0 atom stereocenters. The van der Waals surface area contributed by atoms with E-state index in [-0.39, 0.29) is 16.4 Å². The number of nitrogens with zero attached hydrogens (tertiary/aromatic N) is 3. The van der Waals surface area contributed by atoms with E-state index in [9.17, 15) is 8.42 Å². The number of nitriles is 1. The van der Waals surface area contributed by atoms with Gasteiger partial charge in [-0.3, -0.25) is 4.31 Å². The van der Waals surface area contributed by atoms with Crippen LogP contribution in [-0.2, 0) is 10.0 Å². The Morgan fingerprint density at radius 1 is 1.30 bits per heavy atom. The Balaban J connectivity index is 2.49. The zero-order valence-electron chi connectivity index (χ0n) is 10.7. The minimum absolute atomic E-state index is 0.0341. The van der Waals surface area contributed by atoms with Crippen LogP contribution in [0.3, 0.4) is 0 Å². The van der Waals surface area contributed by atoms with Crippen molar-refractivity contribution in [2.45, 2.75) is 4.90 Å². The van der Waals surface area contributed by atoms with Crippen molar-refractivity contribution >= 4 is 21.5 Å². The highest BCUT2D eigenvalue weighted by atomic mass is 32.2. The Morgan fingerprint density at radius 3 is 2.60 bits per heavy atom. The Bertz CT molecular complexity index is 767. The van der Waals surface area contributed by atoms with E-state index in [1.54, 1.807) is 18.2 Å². The van der Waals surface area contributed by atoms with Crippen LogP contribution in [-0.4, -0.2) is 20.4 Å². The van der Waals surface area contributed by atoms with Crippen LogP contribution in [0.5, 0.6) is 0 Å². The quantitative estimate of drug-likeness (QED) is 0.859. The molecule has 2 N–H and O–H groups in total. The van der Waals surface area contributed by atoms with Gasteiger partial charge in [-0.1, -0.05) is 6.07 Å². The molecule has 7 heteroatoms. The summed E-state index contributed by atoms with van der Waals surface area (Å²) in [5.74, 6) is 0.288. The van der Waals surface area contributed by atoms with Crippen LogP contribution in [0, 0.1) is 11.3 Å². The van der Waals surface area contributed by atoms with Crippen LogP contribution in [0.25, 0.3) is 0 Å². The average Bonchev–Trinajstić information content (AvgIpc) is 2.46. The fourth-order valence-electron chi connectivity index (χ4n) is 1.66. The predicted octanol–water partition coefficient (Wildman–Crippen LogP) is 1.36. The van der Waals surface area contributed by atoms with Crippen molar-refractivity contribution in [2.75, 3.05) is 17.1 Å². The number of nitrogen functional groups attached to an aromatic ring is 1. The van der Waals surface area contributed by atoms with Gasteiger partial charge < -0.3 is 5.73 Å². The summed E-state index contributed by atoms with van der Waals surface area (Å²) in [7, 11) is -2.41. The van der Waals surface area contributed by atoms with E-state index in [1.165, 1.54) is 31.4 Å². The summed E-state index contributed by atoms with van der Waals surface area (Å²) >= 11 is 0. The highest BCUT2D eigenvalue weighted by molar-refractivity contribution is 7.93. The van der Waals surface area contributed by atoms with Gasteiger partial charge in [0.1, 0.15) is 10.7 Å². The lowest BCUT2D eigenvalue weighted by Crippen LogP contribution is -2.28. The molecule has 0 unspecified atom stereocenters. The van der Waals surface area contributed by atoms with Gasteiger partial charge in [0.05, 0.1) is 17.3 Å². The number of hydrogen-bond donors (Lipinski definition) is 1. The third kappa shape index (κ3) is 2.41. The summed E-state index contributed by atoms with van der Waals surface area (Å²) in [5.41, 5.74) is 6.06. The third-order valence-corrected chi connectivity index (χ3v) is 4.58. The molecule has 0 aliphatic rings. The van der Waals surface area contributed by atoms with Crippen molar-refractivity contribution < 1.29 is 8.42 Å². The number of benzene rings is 1. The first-order valence-electron chi connectivity index (χ1n) is 5.66. The molecule has 1 aromatic carbocycles. The summed E-state index contributed by atoms with van der Waals surface area (Å²) in [6, 6.07) is 10.9. The summed E-state index contributed by atoms with van der Waals surface area (Å²) < 4.78 is 26.0. The molecule has 0 fully saturated rings. The van der Waals surface area contributed by atoms with Crippen molar-refractivity contribution in [1.29, 1.82) is 5.26 Å². The molecule has 0 spiro atoms. The highest BCUT2D eigenvalue weighted by Crippen LogP contribution is 2.25. The number of nitrogens with two attached hydrogens (primary N) is 1. The van der Waals surface area contributed by atoms with Crippen molar-refractivity contribution in [2.24, 2.45) is 0 Å². The number of rotatable bonds is 3. The summed E-state index contributed by atoms with van der Waals surface area (Å²) in [5, 5.41) is 8.77. The standard InChI is InChI=1S/C13H12N4O2S/c1-17(13-4-2-3-7-16-13)20(18,19)12-6-5-10(9-14)8-11(12)15/h2-8H,15H2,1H3. The van der Waals surface area contributed by atoms with Crippen LogP contribution in [0.15, 0.2) is 47.5 Å². The van der Waals surface area contributed by atoms with Crippen LogP contribution in [0.2, 0.25) is 0 Å². The van der Waals surface area contributed by atoms with Gasteiger partial charge >= 0.3 is 0 Å². The molecule has 20 heavy (non-hydrogen) atoms. The monoisotopic (exact) mass is 288 g/mol. The van der Waals surface area contributed by atoms with Gasteiger partial charge in [-0.05, 0) is 30.3 Å². The molecular weight excluding hydrogens is 276 g/mol. The number of anilines is 2. The van der Waals surface area contributed by atoms with E-state index in [1.807, 2.05) is 6.07 Å². The van der Waals surface area contributed by atoms with Crippen molar-refractivity contribution in [3.05, 3.63) is 48.2 Å². The second-order valence-electron chi connectivity index (χ2n) is 4.02. The van der Waals surface area contributed by atoms with E-state index in [0.29, 0.717) is 5.56 Å². The average molecular weight is 288 g/mol. The minimum atomic E-state index is -3.81. The first kappa shape index (κ1) is 13.8. The molecule has 0 bridgehead atoms. The summed E-state index contributed by atoms with van der Waals surface area (Å²) in [6.45, 7) is 0. The number of pyridine rings is 1. The van der Waals surface area contributed by atoms with Gasteiger partial charge in [0.2, 0.25) is 0 Å². The lowest BCUT2D eigenvalue weighted by atomic mass is 10.2. The molecule has 2 aromatic rings. The fourth-order valence-corrected chi connectivity index (χ4v) is 2.91. The molecule has 0 radical (unpaired) electrons. The zero-order valence-corrected chi connectivity index (χ0v) is 11.5. The first-order valence-corrected chi connectivity index (χ1v) is 7.10. The molecular formula is C13H12N4O2S. The number of hydrogen-bond acceptors (Lipinski definition) is 5. The van der Waals surface area contributed by atoms with Gasteiger partial charge in [-0.15, -0.1) is 0 Å². The van der Waals surface area contributed by atoms with Gasteiger partial charge in [0.25, 0.3) is 10.0 Å². The second-order valence-corrected chi connectivity index (χ2v) is 5.96. The van der Waals surface area contributed by atoms with E-state index in [2.05, 4.69) is 4.98 Å². The lowest BCUT2D eigenvalue weighted by Gasteiger charge is -2.19. The molecule has 0 amide bonds. The zero-order chi connectivity index (χ0) is 14.8. The van der Waals surface area contributed by atoms with Crippen LogP contribution in [0.4, 0.5) is 11.5 Å². The maximum absolute atomic E-state index is 12.5. The molecule has 1 heterocycles. The molecule has 2 rings (SSSR count). The topological polar surface area (TPSA) is 100 Å². The molecule has 6 nitrogen and oxygen atoms in total. The van der Waals surface area contributed by atoms with Gasteiger partial charge in [-0.2, -0.15) is 5.26 Å². The first-order chi connectivity index (χ1) is 9.46. The Kier molecular flexibility index (Phi) is 3.59. The lowest BCUT2D eigenvalue weighted by molar-refractivity contribution is 0.594. The summed E-state index contributed by atoms with van der Waals surface area (Å²) in [4.78, 5) is 3.94. The van der Waals surface area contributed by atoms with Crippen molar-refractivity contribution in [3.8, 4) is 6.07 Å².